The largest absolute Gasteiger partial charge is 0.364 e. The van der Waals surface area contributed by atoms with Crippen LogP contribution in [0.5, 0.6) is 0 Å². The lowest BCUT2D eigenvalue weighted by Gasteiger charge is -2.00. The van der Waals surface area contributed by atoms with Crippen LogP contribution in [0.15, 0.2) is 18.3 Å². The van der Waals surface area contributed by atoms with Gasteiger partial charge in [0, 0.05) is 11.8 Å². The molecule has 4 heteroatoms. The van der Waals surface area contributed by atoms with E-state index in [1.165, 1.54) is 6.07 Å². The van der Waals surface area contributed by atoms with Gasteiger partial charge in [0.15, 0.2) is 6.29 Å². The average Bonchev–Trinajstić information content (AvgIpc) is 1.88. The highest BCUT2D eigenvalue weighted by atomic mass is 32.1. The molecule has 0 bridgehead atoms. The molecule has 0 fully saturated rings. The second-order valence-electron chi connectivity index (χ2n) is 1.86. The summed E-state index contributed by atoms with van der Waals surface area (Å²) >= 11 is 4.74. The van der Waals surface area contributed by atoms with Crippen molar-refractivity contribution < 1.29 is 10.2 Å². The lowest BCUT2D eigenvalue weighted by atomic mass is 10.3. The number of aliphatic hydroxyl groups is 2. The first-order valence-electron chi connectivity index (χ1n) is 2.75. The molecule has 3 nitrogen and oxygen atoms in total. The topological polar surface area (TPSA) is 56.2 Å². The van der Waals surface area contributed by atoms with Gasteiger partial charge in [-0.1, -0.05) is 12.2 Å². The molecule has 0 radical (unpaired) electrons. The first-order chi connectivity index (χ1) is 4.70. The minimum Gasteiger partial charge on any atom is -0.364 e. The lowest BCUT2D eigenvalue weighted by Crippen LogP contribution is -1.94. The number of nitrogens with one attached hydrogen (secondary N) is 1. The van der Waals surface area contributed by atoms with Gasteiger partial charge in [0.05, 0.1) is 0 Å². The van der Waals surface area contributed by atoms with Gasteiger partial charge in [0.1, 0.15) is 4.64 Å². The van der Waals surface area contributed by atoms with E-state index in [1.807, 2.05) is 0 Å². The van der Waals surface area contributed by atoms with Crippen LogP contribution < -0.4 is 0 Å². The van der Waals surface area contributed by atoms with Crippen molar-refractivity contribution in [1.29, 1.82) is 0 Å². The number of aromatic nitrogens is 1. The summed E-state index contributed by atoms with van der Waals surface area (Å²) < 4.78 is 0.491. The molecular weight excluding hydrogens is 150 g/mol. The normalized spacial score (nSPS) is 10.3. The Balaban J connectivity index is 3.07. The maximum absolute atomic E-state index is 8.64. The molecule has 0 spiro atoms. The fourth-order valence-electron chi connectivity index (χ4n) is 0.622. The van der Waals surface area contributed by atoms with E-state index in [0.717, 1.165) is 0 Å². The summed E-state index contributed by atoms with van der Waals surface area (Å²) in [6.45, 7) is 0. The summed E-state index contributed by atoms with van der Waals surface area (Å²) in [5, 5.41) is 17.3. The van der Waals surface area contributed by atoms with Crippen LogP contribution in [0.1, 0.15) is 11.9 Å². The quantitative estimate of drug-likeness (QED) is 0.416. The monoisotopic (exact) mass is 157 g/mol. The number of aliphatic hydroxyl groups excluding tert-OH is 1. The molecular formula is C6H7NO2S. The second kappa shape index (κ2) is 2.92. The Kier molecular flexibility index (Phi) is 2.16. The first kappa shape index (κ1) is 7.40. The van der Waals surface area contributed by atoms with Crippen molar-refractivity contribution in [2.75, 3.05) is 0 Å². The van der Waals surface area contributed by atoms with E-state index < -0.39 is 6.29 Å². The Morgan fingerprint density at radius 2 is 2.20 bits per heavy atom. The minimum absolute atomic E-state index is 0.406. The molecule has 0 aliphatic rings. The highest BCUT2D eigenvalue weighted by Gasteiger charge is 1.98. The third-order valence-corrected chi connectivity index (χ3v) is 1.33. The van der Waals surface area contributed by atoms with E-state index in [9.17, 15) is 0 Å². The predicted molar refractivity (Wildman–Crippen MR) is 38.8 cm³/mol. The van der Waals surface area contributed by atoms with E-state index >= 15 is 0 Å². The maximum Gasteiger partial charge on any atom is 0.178 e. The molecule has 54 valence electrons. The number of rotatable bonds is 1. The van der Waals surface area contributed by atoms with Crippen molar-refractivity contribution in [3.63, 3.8) is 0 Å². The minimum atomic E-state index is -1.43. The summed E-state index contributed by atoms with van der Waals surface area (Å²) in [5.74, 6) is 0. The van der Waals surface area contributed by atoms with Crippen molar-refractivity contribution in [2.45, 2.75) is 6.29 Å². The van der Waals surface area contributed by atoms with Gasteiger partial charge in [0.25, 0.3) is 0 Å². The van der Waals surface area contributed by atoms with Gasteiger partial charge < -0.3 is 15.2 Å². The molecule has 1 aromatic rings. The van der Waals surface area contributed by atoms with Crippen LogP contribution in [0.3, 0.4) is 0 Å². The van der Waals surface area contributed by atoms with Gasteiger partial charge in [0.2, 0.25) is 0 Å². The summed E-state index contributed by atoms with van der Waals surface area (Å²) in [7, 11) is 0. The first-order valence-corrected chi connectivity index (χ1v) is 3.16. The Hall–Kier alpha value is -0.710. The van der Waals surface area contributed by atoms with E-state index in [0.29, 0.717) is 10.2 Å². The highest BCUT2D eigenvalue weighted by molar-refractivity contribution is 7.71. The van der Waals surface area contributed by atoms with Crippen LogP contribution in [0.2, 0.25) is 0 Å². The zero-order valence-electron chi connectivity index (χ0n) is 5.11. The average molecular weight is 157 g/mol. The SMILES string of the molecule is OC(O)c1cc[nH]c(=S)c1. The predicted octanol–water partition coefficient (Wildman–Crippen LogP) is 0.727. The van der Waals surface area contributed by atoms with Crippen molar-refractivity contribution in [3.05, 3.63) is 28.5 Å². The number of hydrogen-bond acceptors (Lipinski definition) is 3. The Bertz CT molecular complexity index is 268. The van der Waals surface area contributed by atoms with Crippen LogP contribution in [0.4, 0.5) is 0 Å². The zero-order chi connectivity index (χ0) is 7.56. The molecule has 1 aromatic heterocycles. The number of H-pyrrole nitrogens is 1. The number of aromatic amines is 1. The lowest BCUT2D eigenvalue weighted by molar-refractivity contribution is -0.0425. The Morgan fingerprint density at radius 3 is 2.60 bits per heavy atom. The van der Waals surface area contributed by atoms with Crippen molar-refractivity contribution in [3.8, 4) is 0 Å². The molecule has 0 unspecified atom stereocenters. The van der Waals surface area contributed by atoms with Crippen molar-refractivity contribution in [1.82, 2.24) is 4.98 Å². The summed E-state index contributed by atoms with van der Waals surface area (Å²) in [6, 6.07) is 3.06. The smallest absolute Gasteiger partial charge is 0.178 e. The van der Waals surface area contributed by atoms with Crippen LogP contribution in [-0.4, -0.2) is 15.2 Å². The van der Waals surface area contributed by atoms with E-state index in [4.69, 9.17) is 22.4 Å². The van der Waals surface area contributed by atoms with Crippen LogP contribution in [0, 0.1) is 4.64 Å². The molecule has 0 aliphatic heterocycles. The third-order valence-electron chi connectivity index (χ3n) is 1.10. The zero-order valence-corrected chi connectivity index (χ0v) is 5.93. The fourth-order valence-corrected chi connectivity index (χ4v) is 0.826. The number of hydrogen-bond donors (Lipinski definition) is 3. The molecule has 0 saturated heterocycles. The molecule has 1 heterocycles. The molecule has 0 aromatic carbocycles. The Labute approximate surface area is 63.0 Å². The van der Waals surface area contributed by atoms with E-state index in [-0.39, 0.29) is 0 Å². The van der Waals surface area contributed by atoms with Crippen LogP contribution in [-0.2, 0) is 0 Å². The molecule has 0 aliphatic carbocycles. The highest BCUT2D eigenvalue weighted by Crippen LogP contribution is 2.06. The summed E-state index contributed by atoms with van der Waals surface area (Å²) in [5.41, 5.74) is 0.406. The van der Waals surface area contributed by atoms with Crippen molar-refractivity contribution in [2.24, 2.45) is 0 Å². The molecule has 3 N–H and O–H groups in total. The maximum atomic E-state index is 8.64. The van der Waals surface area contributed by atoms with Gasteiger partial charge in [-0.15, -0.1) is 0 Å². The van der Waals surface area contributed by atoms with Crippen LogP contribution in [0.25, 0.3) is 0 Å². The van der Waals surface area contributed by atoms with Gasteiger partial charge in [-0.05, 0) is 12.1 Å². The van der Waals surface area contributed by atoms with Gasteiger partial charge >= 0.3 is 0 Å². The third kappa shape index (κ3) is 1.63. The second-order valence-corrected chi connectivity index (χ2v) is 2.30. The van der Waals surface area contributed by atoms with E-state index in [2.05, 4.69) is 4.98 Å². The summed E-state index contributed by atoms with van der Waals surface area (Å²) in [4.78, 5) is 2.72. The molecule has 0 amide bonds. The molecule has 1 rings (SSSR count). The number of pyridine rings is 1. The van der Waals surface area contributed by atoms with Crippen molar-refractivity contribution >= 4 is 12.2 Å². The van der Waals surface area contributed by atoms with Gasteiger partial charge in [-0.3, -0.25) is 0 Å². The standard InChI is InChI=1S/C6H7NO2S/c8-6(9)4-1-2-7-5(10)3-4/h1-3,6,8-9H,(H,7,10). The molecule has 10 heavy (non-hydrogen) atoms. The molecule has 0 saturated carbocycles. The molecule has 0 atom stereocenters. The van der Waals surface area contributed by atoms with E-state index in [1.54, 1.807) is 12.3 Å². The fraction of sp³-hybridized carbons (Fsp3) is 0.167. The summed E-state index contributed by atoms with van der Waals surface area (Å²) in [6.07, 6.45) is 0.133. The van der Waals surface area contributed by atoms with Gasteiger partial charge in [-0.2, -0.15) is 0 Å². The Morgan fingerprint density at radius 1 is 1.50 bits per heavy atom. The van der Waals surface area contributed by atoms with Gasteiger partial charge in [-0.25, -0.2) is 0 Å². The van der Waals surface area contributed by atoms with Crippen LogP contribution >= 0.6 is 12.2 Å².